The highest BCUT2D eigenvalue weighted by Gasteiger charge is 2.09. The van der Waals surface area contributed by atoms with Gasteiger partial charge in [0.25, 0.3) is 0 Å². The van der Waals surface area contributed by atoms with Crippen molar-refractivity contribution in [3.63, 3.8) is 0 Å². The van der Waals surface area contributed by atoms with Crippen LogP contribution in [0, 0.1) is 0 Å². The summed E-state index contributed by atoms with van der Waals surface area (Å²) in [7, 11) is 0. The summed E-state index contributed by atoms with van der Waals surface area (Å²) in [6.45, 7) is 2.81. The summed E-state index contributed by atoms with van der Waals surface area (Å²) in [5.41, 5.74) is 0.0839. The number of hydrogen-bond donors (Lipinski definition) is 3. The molecule has 0 rings (SSSR count). The molecule has 0 aromatic heterocycles. The molecule has 0 bridgehead atoms. The van der Waals surface area contributed by atoms with Crippen molar-refractivity contribution in [3.05, 3.63) is 0 Å². The Balaban J connectivity index is 4.72. The minimum absolute atomic E-state index is 0.0602. The fourth-order valence-corrected chi connectivity index (χ4v) is 0.501. The van der Waals surface area contributed by atoms with Crippen molar-refractivity contribution in [2.45, 2.75) is 13.8 Å². The summed E-state index contributed by atoms with van der Waals surface area (Å²) in [6, 6.07) is 0. The van der Waals surface area contributed by atoms with Crippen LogP contribution in [0.5, 0.6) is 0 Å². The van der Waals surface area contributed by atoms with Crippen molar-refractivity contribution in [3.8, 4) is 0 Å². The van der Waals surface area contributed by atoms with Gasteiger partial charge in [-0.2, -0.15) is 0 Å². The van der Waals surface area contributed by atoms with E-state index in [9.17, 15) is 0 Å². The lowest BCUT2D eigenvalue weighted by Gasteiger charge is -1.97. The van der Waals surface area contributed by atoms with Gasteiger partial charge in [-0.15, -0.1) is 0 Å². The topological polar surface area (TPSA) is 97.8 Å². The van der Waals surface area contributed by atoms with E-state index < -0.39 is 0 Å². The van der Waals surface area contributed by atoms with Crippen LogP contribution < -0.4 is 0 Å². The van der Waals surface area contributed by atoms with Crippen LogP contribution in [0.3, 0.4) is 0 Å². The molecular weight excluding hydrogens is 150 g/mol. The zero-order chi connectivity index (χ0) is 8.85. The smallest absolute Gasteiger partial charge is 0.151 e. The van der Waals surface area contributed by atoms with Crippen molar-refractivity contribution in [2.75, 3.05) is 0 Å². The van der Waals surface area contributed by atoms with E-state index in [1.54, 1.807) is 0 Å². The second-order valence-electron chi connectivity index (χ2n) is 1.82. The molecule has 0 spiro atoms. The van der Waals surface area contributed by atoms with Crippen LogP contribution in [0.4, 0.5) is 0 Å². The Bertz CT molecular complexity index is 199. The molecule has 0 radical (unpaired) electrons. The number of nitrogens with zero attached hydrogens (tertiary/aromatic N) is 3. The Morgan fingerprint density at radius 3 is 1.36 bits per heavy atom. The highest BCUT2D eigenvalue weighted by Crippen LogP contribution is 1.87. The van der Waals surface area contributed by atoms with Gasteiger partial charge in [-0.3, -0.25) is 0 Å². The van der Waals surface area contributed by atoms with E-state index in [4.69, 9.17) is 15.6 Å². The average Bonchev–Trinajstić information content (AvgIpc) is 2.05. The fraction of sp³-hybridized carbons (Fsp3) is 0.400. The Kier molecular flexibility index (Phi) is 3.65. The summed E-state index contributed by atoms with van der Waals surface area (Å²) in [6.07, 6.45) is 0. The van der Waals surface area contributed by atoms with E-state index >= 15 is 0 Å². The third kappa shape index (κ3) is 2.24. The van der Waals surface area contributed by atoms with Crippen LogP contribution >= 0.6 is 0 Å². The molecule has 6 nitrogen and oxygen atoms in total. The van der Waals surface area contributed by atoms with Gasteiger partial charge in [0, 0.05) is 0 Å². The molecule has 3 N–H and O–H groups in total. The van der Waals surface area contributed by atoms with Gasteiger partial charge >= 0.3 is 0 Å². The van der Waals surface area contributed by atoms with Crippen molar-refractivity contribution in [1.29, 1.82) is 0 Å². The predicted octanol–water partition coefficient (Wildman–Crippen LogP) is 0.517. The van der Waals surface area contributed by atoms with Gasteiger partial charge in [-0.1, -0.05) is 15.5 Å². The van der Waals surface area contributed by atoms with Crippen LogP contribution in [0.25, 0.3) is 0 Å². The van der Waals surface area contributed by atoms with Gasteiger partial charge in [-0.05, 0) is 13.8 Å². The molecule has 0 atom stereocenters. The molecule has 0 fully saturated rings. The maximum Gasteiger partial charge on any atom is 0.151 e. The van der Waals surface area contributed by atoms with E-state index in [0.717, 1.165) is 0 Å². The lowest BCUT2D eigenvalue weighted by molar-refractivity contribution is 0.311. The molecule has 0 heterocycles. The third-order valence-corrected chi connectivity index (χ3v) is 1.09. The average molecular weight is 159 g/mol. The standard InChI is InChI=1S/C5H9N3O3/c1-3(6-9)5(8-11)4(2)7-10/h9-11H,1-2H3/b6-3+,7-4+. The third-order valence-electron chi connectivity index (χ3n) is 1.09. The Morgan fingerprint density at radius 1 is 0.818 bits per heavy atom. The molecule has 0 unspecified atom stereocenters. The summed E-state index contributed by atoms with van der Waals surface area (Å²) in [4.78, 5) is 0. The lowest BCUT2D eigenvalue weighted by atomic mass is 10.2. The van der Waals surface area contributed by atoms with Crippen LogP contribution in [0.1, 0.15) is 13.8 Å². The highest BCUT2D eigenvalue weighted by atomic mass is 16.4. The molecule has 0 amide bonds. The molecule has 0 aliphatic rings. The molecule has 62 valence electrons. The van der Waals surface area contributed by atoms with E-state index in [1.165, 1.54) is 13.8 Å². The summed E-state index contributed by atoms with van der Waals surface area (Å²) in [5.74, 6) is 0. The first-order valence-corrected chi connectivity index (χ1v) is 2.77. The number of hydrogen-bond acceptors (Lipinski definition) is 6. The van der Waals surface area contributed by atoms with E-state index in [1.807, 2.05) is 0 Å². The Labute approximate surface area is 63.1 Å². The number of rotatable bonds is 2. The Morgan fingerprint density at radius 2 is 1.18 bits per heavy atom. The van der Waals surface area contributed by atoms with Crippen molar-refractivity contribution in [1.82, 2.24) is 0 Å². The molecule has 0 aliphatic heterocycles. The van der Waals surface area contributed by atoms with Crippen LogP contribution in [0.15, 0.2) is 15.5 Å². The van der Waals surface area contributed by atoms with Crippen LogP contribution in [-0.2, 0) is 0 Å². The molecular formula is C5H9N3O3. The minimum Gasteiger partial charge on any atom is -0.411 e. The molecule has 0 aliphatic carbocycles. The first-order valence-electron chi connectivity index (χ1n) is 2.77. The summed E-state index contributed by atoms with van der Waals surface area (Å²) < 4.78 is 0. The second kappa shape index (κ2) is 4.26. The highest BCUT2D eigenvalue weighted by molar-refractivity contribution is 6.67. The summed E-state index contributed by atoms with van der Waals surface area (Å²) in [5, 5.41) is 33.1. The van der Waals surface area contributed by atoms with Crippen molar-refractivity contribution in [2.24, 2.45) is 15.5 Å². The zero-order valence-corrected chi connectivity index (χ0v) is 6.18. The molecule has 0 saturated carbocycles. The Hall–Kier alpha value is -1.59. The monoisotopic (exact) mass is 159 g/mol. The minimum atomic E-state index is -0.0602. The quantitative estimate of drug-likeness (QED) is 0.311. The van der Waals surface area contributed by atoms with Crippen LogP contribution in [-0.4, -0.2) is 32.8 Å². The largest absolute Gasteiger partial charge is 0.411 e. The van der Waals surface area contributed by atoms with Crippen molar-refractivity contribution >= 4 is 17.1 Å². The molecule has 0 aromatic rings. The van der Waals surface area contributed by atoms with E-state index in [-0.39, 0.29) is 17.1 Å². The predicted molar refractivity (Wildman–Crippen MR) is 39.0 cm³/mol. The normalized spacial score (nSPS) is 12.9. The SMILES string of the molecule is C/C(=N\O)C(=NO)/C(C)=N/O. The molecule has 0 aromatic carbocycles. The first-order chi connectivity index (χ1) is 5.17. The van der Waals surface area contributed by atoms with Gasteiger partial charge in [-0.25, -0.2) is 0 Å². The van der Waals surface area contributed by atoms with Crippen molar-refractivity contribution < 1.29 is 15.6 Å². The molecule has 11 heavy (non-hydrogen) atoms. The van der Waals surface area contributed by atoms with Gasteiger partial charge < -0.3 is 15.6 Å². The summed E-state index contributed by atoms with van der Waals surface area (Å²) >= 11 is 0. The van der Waals surface area contributed by atoms with Gasteiger partial charge in [0.05, 0.1) is 0 Å². The zero-order valence-electron chi connectivity index (χ0n) is 6.18. The maximum absolute atomic E-state index is 8.33. The maximum atomic E-state index is 8.33. The first kappa shape index (κ1) is 9.41. The van der Waals surface area contributed by atoms with Gasteiger partial charge in [0.2, 0.25) is 0 Å². The second-order valence-corrected chi connectivity index (χ2v) is 1.82. The van der Waals surface area contributed by atoms with Crippen LogP contribution in [0.2, 0.25) is 0 Å². The number of oxime groups is 3. The van der Waals surface area contributed by atoms with Gasteiger partial charge in [0.1, 0.15) is 11.4 Å². The lowest BCUT2D eigenvalue weighted by Crippen LogP contribution is -2.19. The van der Waals surface area contributed by atoms with E-state index in [0.29, 0.717) is 0 Å². The molecule has 6 heteroatoms. The molecule has 0 saturated heterocycles. The van der Waals surface area contributed by atoms with E-state index in [2.05, 4.69) is 15.5 Å². The van der Waals surface area contributed by atoms with Gasteiger partial charge in [0.15, 0.2) is 5.71 Å². The fourth-order valence-electron chi connectivity index (χ4n) is 0.501.